The van der Waals surface area contributed by atoms with Crippen LogP contribution in [0.15, 0.2) is 60.7 Å². The van der Waals surface area contributed by atoms with Gasteiger partial charge >= 0.3 is 0 Å². The van der Waals surface area contributed by atoms with Gasteiger partial charge in [0.25, 0.3) is 11.8 Å². The molecule has 2 fully saturated rings. The van der Waals surface area contributed by atoms with E-state index in [0.717, 1.165) is 43.7 Å². The minimum atomic E-state index is 0.109. The summed E-state index contributed by atoms with van der Waals surface area (Å²) in [6.07, 6.45) is 1.11. The van der Waals surface area contributed by atoms with Gasteiger partial charge in [0.05, 0.1) is 0 Å². The fourth-order valence-corrected chi connectivity index (χ4v) is 4.14. The van der Waals surface area contributed by atoms with E-state index >= 15 is 0 Å². The van der Waals surface area contributed by atoms with Gasteiger partial charge in [-0.15, -0.1) is 0 Å². The molecule has 2 aliphatic rings. The van der Waals surface area contributed by atoms with Crippen LogP contribution in [0.2, 0.25) is 0 Å². The Hall–Kier alpha value is -2.62. The van der Waals surface area contributed by atoms with Gasteiger partial charge in [0.1, 0.15) is 0 Å². The lowest BCUT2D eigenvalue weighted by Gasteiger charge is -2.45. The fraction of sp³-hybridized carbons (Fsp3) is 0.333. The summed E-state index contributed by atoms with van der Waals surface area (Å²) >= 11 is 0. The topological polar surface area (TPSA) is 40.6 Å². The van der Waals surface area contributed by atoms with Crippen LogP contribution in [0.4, 0.5) is 0 Å². The zero-order valence-electron chi connectivity index (χ0n) is 14.2. The molecule has 0 radical (unpaired) electrons. The minimum Gasteiger partial charge on any atom is -0.338 e. The molecule has 0 unspecified atom stereocenters. The standard InChI is InChI=1S/C21H22N2O2/c24-20(18-7-3-1-4-8-18)22-12-16-11-17(13-22)15-23(14-16)21(25)19-9-5-2-6-10-19/h1-10,16-17H,11-15H2. The van der Waals surface area contributed by atoms with Crippen molar-refractivity contribution in [1.29, 1.82) is 0 Å². The van der Waals surface area contributed by atoms with E-state index in [1.54, 1.807) is 0 Å². The molecular weight excluding hydrogens is 312 g/mol. The number of hydrogen-bond acceptors (Lipinski definition) is 2. The predicted molar refractivity (Wildman–Crippen MR) is 96.3 cm³/mol. The monoisotopic (exact) mass is 334 g/mol. The van der Waals surface area contributed by atoms with Crippen LogP contribution in [0.3, 0.4) is 0 Å². The lowest BCUT2D eigenvalue weighted by Crippen LogP contribution is -2.55. The first-order chi connectivity index (χ1) is 12.2. The van der Waals surface area contributed by atoms with E-state index in [2.05, 4.69) is 0 Å². The molecule has 0 N–H and O–H groups in total. The van der Waals surface area contributed by atoms with Gasteiger partial charge in [0.15, 0.2) is 0 Å². The fourth-order valence-electron chi connectivity index (χ4n) is 4.14. The molecule has 0 atom stereocenters. The quantitative estimate of drug-likeness (QED) is 0.847. The molecule has 0 aromatic heterocycles. The summed E-state index contributed by atoms with van der Waals surface area (Å²) in [6.45, 7) is 2.96. The van der Waals surface area contributed by atoms with Crippen molar-refractivity contribution in [2.24, 2.45) is 11.8 Å². The van der Waals surface area contributed by atoms with Crippen LogP contribution in [0.25, 0.3) is 0 Å². The number of carbonyl (C=O) groups excluding carboxylic acids is 2. The number of piperidine rings is 2. The van der Waals surface area contributed by atoms with Crippen LogP contribution in [0, 0.1) is 11.8 Å². The molecule has 0 saturated carbocycles. The average Bonchev–Trinajstić information content (AvgIpc) is 2.67. The third kappa shape index (κ3) is 3.29. The molecule has 4 nitrogen and oxygen atoms in total. The number of amides is 2. The Bertz CT molecular complexity index is 682. The number of carbonyl (C=O) groups is 2. The molecule has 2 aromatic rings. The van der Waals surface area contributed by atoms with Crippen molar-refractivity contribution >= 4 is 11.8 Å². The second-order valence-corrected chi connectivity index (χ2v) is 7.12. The predicted octanol–water partition coefficient (Wildman–Crippen LogP) is 2.92. The van der Waals surface area contributed by atoms with Gasteiger partial charge in [0.2, 0.25) is 0 Å². The largest absolute Gasteiger partial charge is 0.338 e. The zero-order valence-corrected chi connectivity index (χ0v) is 14.2. The van der Waals surface area contributed by atoms with Crippen molar-refractivity contribution < 1.29 is 9.59 Å². The Morgan fingerprint density at radius 1 is 0.640 bits per heavy atom. The summed E-state index contributed by atoms with van der Waals surface area (Å²) in [4.78, 5) is 29.4. The summed E-state index contributed by atoms with van der Waals surface area (Å²) in [5.74, 6) is 0.955. The average molecular weight is 334 g/mol. The molecule has 4 heteroatoms. The molecule has 0 spiro atoms. The molecule has 2 aliphatic heterocycles. The molecule has 0 aliphatic carbocycles. The van der Waals surface area contributed by atoms with Crippen molar-refractivity contribution in [1.82, 2.24) is 9.80 Å². The maximum atomic E-state index is 12.7. The normalized spacial score (nSPS) is 22.6. The van der Waals surface area contributed by atoms with Crippen molar-refractivity contribution in [2.45, 2.75) is 6.42 Å². The lowest BCUT2D eigenvalue weighted by molar-refractivity contribution is 0.0241. The van der Waals surface area contributed by atoms with Crippen LogP contribution in [-0.2, 0) is 0 Å². The van der Waals surface area contributed by atoms with Gasteiger partial charge in [0, 0.05) is 37.3 Å². The summed E-state index contributed by atoms with van der Waals surface area (Å²) in [5.41, 5.74) is 1.50. The molecule has 2 heterocycles. The van der Waals surface area contributed by atoms with E-state index in [9.17, 15) is 9.59 Å². The van der Waals surface area contributed by atoms with Crippen molar-refractivity contribution in [2.75, 3.05) is 26.2 Å². The first kappa shape index (κ1) is 15.9. The van der Waals surface area contributed by atoms with E-state index in [1.807, 2.05) is 70.5 Å². The van der Waals surface area contributed by atoms with E-state index in [1.165, 1.54) is 0 Å². The third-order valence-corrected chi connectivity index (χ3v) is 5.20. The van der Waals surface area contributed by atoms with Crippen molar-refractivity contribution in [3.8, 4) is 0 Å². The zero-order chi connectivity index (χ0) is 17.2. The van der Waals surface area contributed by atoms with E-state index in [-0.39, 0.29) is 11.8 Å². The summed E-state index contributed by atoms with van der Waals surface area (Å²) < 4.78 is 0. The first-order valence-electron chi connectivity index (χ1n) is 8.89. The molecule has 25 heavy (non-hydrogen) atoms. The molecule has 4 rings (SSSR count). The lowest BCUT2D eigenvalue weighted by atomic mass is 9.84. The highest BCUT2D eigenvalue weighted by Crippen LogP contribution is 2.30. The Kier molecular flexibility index (Phi) is 4.26. The molecule has 2 bridgehead atoms. The molecular formula is C21H22N2O2. The number of fused-ring (bicyclic) bond motifs is 2. The maximum Gasteiger partial charge on any atom is 0.253 e. The van der Waals surface area contributed by atoms with Gasteiger partial charge in [-0.3, -0.25) is 9.59 Å². The highest BCUT2D eigenvalue weighted by atomic mass is 16.2. The smallest absolute Gasteiger partial charge is 0.253 e. The van der Waals surface area contributed by atoms with E-state index in [4.69, 9.17) is 0 Å². The molecule has 2 amide bonds. The Balaban J connectivity index is 1.45. The molecule has 128 valence electrons. The third-order valence-electron chi connectivity index (χ3n) is 5.20. The van der Waals surface area contributed by atoms with Crippen LogP contribution in [0.5, 0.6) is 0 Å². The summed E-state index contributed by atoms with van der Waals surface area (Å²) in [7, 11) is 0. The van der Waals surface area contributed by atoms with Crippen molar-refractivity contribution in [3.05, 3.63) is 71.8 Å². The second kappa shape index (κ2) is 6.71. The Morgan fingerprint density at radius 2 is 1.00 bits per heavy atom. The first-order valence-corrected chi connectivity index (χ1v) is 8.89. The summed E-state index contributed by atoms with van der Waals surface area (Å²) in [5, 5.41) is 0. The van der Waals surface area contributed by atoms with Crippen molar-refractivity contribution in [3.63, 3.8) is 0 Å². The second-order valence-electron chi connectivity index (χ2n) is 7.12. The Labute approximate surface area is 148 Å². The number of rotatable bonds is 2. The SMILES string of the molecule is O=C(c1ccccc1)N1CC2CC(C1)CN(C(=O)c1ccccc1)C2. The van der Waals surface area contributed by atoms with Crippen LogP contribution >= 0.6 is 0 Å². The number of likely N-dealkylation sites (tertiary alicyclic amines) is 2. The maximum absolute atomic E-state index is 12.7. The van der Waals surface area contributed by atoms with Crippen LogP contribution in [-0.4, -0.2) is 47.8 Å². The highest BCUT2D eigenvalue weighted by Gasteiger charge is 2.37. The van der Waals surface area contributed by atoms with Gasteiger partial charge in [-0.2, -0.15) is 0 Å². The van der Waals surface area contributed by atoms with Crippen LogP contribution in [0.1, 0.15) is 27.1 Å². The van der Waals surface area contributed by atoms with Crippen LogP contribution < -0.4 is 0 Å². The van der Waals surface area contributed by atoms with Gasteiger partial charge in [-0.1, -0.05) is 36.4 Å². The van der Waals surface area contributed by atoms with Gasteiger partial charge < -0.3 is 9.80 Å². The highest BCUT2D eigenvalue weighted by molar-refractivity contribution is 5.95. The minimum absolute atomic E-state index is 0.109. The molecule has 2 saturated heterocycles. The van der Waals surface area contributed by atoms with Gasteiger partial charge in [-0.05, 0) is 42.5 Å². The van der Waals surface area contributed by atoms with E-state index in [0.29, 0.717) is 11.8 Å². The number of benzene rings is 2. The number of nitrogens with zero attached hydrogens (tertiary/aromatic N) is 2. The number of hydrogen-bond donors (Lipinski definition) is 0. The van der Waals surface area contributed by atoms with Gasteiger partial charge in [-0.25, -0.2) is 0 Å². The van der Waals surface area contributed by atoms with E-state index < -0.39 is 0 Å². The Morgan fingerprint density at radius 3 is 1.36 bits per heavy atom. The summed E-state index contributed by atoms with van der Waals surface area (Å²) in [6, 6.07) is 18.9. The molecule has 2 aromatic carbocycles.